The number of rotatable bonds is 8. The topological polar surface area (TPSA) is 84.5 Å². The second-order valence-electron chi connectivity index (χ2n) is 6.66. The molecule has 0 saturated heterocycles. The van der Waals surface area contributed by atoms with Crippen LogP contribution in [0.2, 0.25) is 10.0 Å². The minimum Gasteiger partial charge on any atom is -0.497 e. The van der Waals surface area contributed by atoms with Gasteiger partial charge in [-0.2, -0.15) is 4.72 Å². The quantitative estimate of drug-likeness (QED) is 0.497. The number of benzene rings is 3. The number of nitrogens with one attached hydrogen (secondary N) is 2. The second kappa shape index (κ2) is 10.2. The second-order valence-corrected chi connectivity index (χ2v) is 9.19. The lowest BCUT2D eigenvalue weighted by molar-refractivity contribution is -0.117. The van der Waals surface area contributed by atoms with E-state index in [-0.39, 0.29) is 21.4 Å². The van der Waals surface area contributed by atoms with Gasteiger partial charge < -0.3 is 10.1 Å². The van der Waals surface area contributed by atoms with Gasteiger partial charge in [-0.15, -0.1) is 0 Å². The summed E-state index contributed by atoms with van der Waals surface area (Å²) in [6, 6.07) is 18.9. The Morgan fingerprint density at radius 2 is 1.74 bits per heavy atom. The van der Waals surface area contributed by atoms with Crippen LogP contribution in [0.1, 0.15) is 5.56 Å². The van der Waals surface area contributed by atoms with Gasteiger partial charge in [0, 0.05) is 16.8 Å². The minimum absolute atomic E-state index is 0.00330. The fourth-order valence-electron chi connectivity index (χ4n) is 2.90. The third-order valence-electron chi connectivity index (χ3n) is 4.42. The zero-order valence-electron chi connectivity index (χ0n) is 16.5. The van der Waals surface area contributed by atoms with Crippen molar-refractivity contribution in [1.29, 1.82) is 0 Å². The number of hydrogen-bond donors (Lipinski definition) is 2. The average molecular weight is 479 g/mol. The number of hydrogen-bond acceptors (Lipinski definition) is 4. The zero-order valence-corrected chi connectivity index (χ0v) is 18.8. The summed E-state index contributed by atoms with van der Waals surface area (Å²) in [6.45, 7) is 0. The van der Waals surface area contributed by atoms with E-state index < -0.39 is 22.0 Å². The summed E-state index contributed by atoms with van der Waals surface area (Å²) in [4.78, 5) is 12.8. The largest absolute Gasteiger partial charge is 0.497 e. The Labute approximate surface area is 191 Å². The molecule has 0 radical (unpaired) electrons. The highest BCUT2D eigenvalue weighted by molar-refractivity contribution is 7.89. The van der Waals surface area contributed by atoms with Crippen LogP contribution < -0.4 is 14.8 Å². The molecule has 0 saturated carbocycles. The maximum atomic E-state index is 13.0. The van der Waals surface area contributed by atoms with E-state index in [1.807, 2.05) is 30.3 Å². The molecule has 162 valence electrons. The Morgan fingerprint density at radius 1 is 1.00 bits per heavy atom. The number of ether oxygens (including phenoxy) is 1. The Kier molecular flexibility index (Phi) is 7.56. The molecule has 3 aromatic carbocycles. The lowest BCUT2D eigenvalue weighted by atomic mass is 10.1. The molecule has 0 heterocycles. The number of sulfonamides is 1. The molecule has 2 N–H and O–H groups in total. The molecule has 0 unspecified atom stereocenters. The van der Waals surface area contributed by atoms with Crippen molar-refractivity contribution in [1.82, 2.24) is 4.72 Å². The highest BCUT2D eigenvalue weighted by Gasteiger charge is 2.28. The number of carbonyl (C=O) groups excluding carboxylic acids is 1. The summed E-state index contributed by atoms with van der Waals surface area (Å²) in [5, 5.41) is 2.95. The smallest absolute Gasteiger partial charge is 0.242 e. The maximum absolute atomic E-state index is 13.0. The molecule has 0 aliphatic rings. The van der Waals surface area contributed by atoms with E-state index in [1.165, 1.54) is 25.3 Å². The van der Waals surface area contributed by atoms with Crippen molar-refractivity contribution in [3.8, 4) is 5.75 Å². The van der Waals surface area contributed by atoms with Crippen molar-refractivity contribution in [3.63, 3.8) is 0 Å². The Hall–Kier alpha value is -2.58. The fourth-order valence-corrected chi connectivity index (χ4v) is 4.86. The van der Waals surface area contributed by atoms with Gasteiger partial charge in [-0.25, -0.2) is 8.42 Å². The highest BCUT2D eigenvalue weighted by atomic mass is 35.5. The van der Waals surface area contributed by atoms with Crippen LogP contribution >= 0.6 is 23.2 Å². The molecule has 1 atom stereocenters. The average Bonchev–Trinajstić information content (AvgIpc) is 2.75. The van der Waals surface area contributed by atoms with E-state index >= 15 is 0 Å². The molecule has 0 bridgehead atoms. The van der Waals surface area contributed by atoms with E-state index in [0.29, 0.717) is 11.4 Å². The fraction of sp³-hybridized carbons (Fsp3) is 0.136. The Bertz CT molecular complexity index is 1170. The van der Waals surface area contributed by atoms with Gasteiger partial charge in [-0.3, -0.25) is 4.79 Å². The monoisotopic (exact) mass is 478 g/mol. The number of anilines is 1. The first-order valence-electron chi connectivity index (χ1n) is 9.25. The van der Waals surface area contributed by atoms with E-state index in [0.717, 1.165) is 5.56 Å². The summed E-state index contributed by atoms with van der Waals surface area (Å²) < 4.78 is 33.6. The summed E-state index contributed by atoms with van der Waals surface area (Å²) in [6.07, 6.45) is 0.133. The molecule has 0 fully saturated rings. The van der Waals surface area contributed by atoms with E-state index in [9.17, 15) is 13.2 Å². The van der Waals surface area contributed by atoms with Crippen LogP contribution in [0, 0.1) is 0 Å². The molecule has 0 aliphatic heterocycles. The van der Waals surface area contributed by atoms with Gasteiger partial charge in [0.25, 0.3) is 0 Å². The standard InChI is InChI=1S/C22H20Cl2N2O4S/c1-30-18-9-5-8-17(14-18)25-22(27)20(12-15-6-3-2-4-7-15)26-31(28,29)21-13-16(23)10-11-19(21)24/h2-11,13-14,20,26H,12H2,1H3,(H,25,27)/t20-/m1/s1. The summed E-state index contributed by atoms with van der Waals surface area (Å²) >= 11 is 12.0. The zero-order chi connectivity index (χ0) is 22.4. The van der Waals surface area contributed by atoms with E-state index in [1.54, 1.807) is 24.3 Å². The van der Waals surface area contributed by atoms with Crippen LogP contribution in [0.4, 0.5) is 5.69 Å². The van der Waals surface area contributed by atoms with Gasteiger partial charge in [-0.1, -0.05) is 59.6 Å². The number of halogens is 2. The van der Waals surface area contributed by atoms with Gasteiger partial charge in [0.15, 0.2) is 0 Å². The van der Waals surface area contributed by atoms with Crippen molar-refractivity contribution in [2.24, 2.45) is 0 Å². The van der Waals surface area contributed by atoms with Gasteiger partial charge in [0.1, 0.15) is 16.7 Å². The number of carbonyl (C=O) groups is 1. The Balaban J connectivity index is 1.90. The lowest BCUT2D eigenvalue weighted by Crippen LogP contribution is -2.45. The molecule has 3 aromatic rings. The molecule has 3 rings (SSSR count). The number of amides is 1. The molecule has 6 nitrogen and oxygen atoms in total. The van der Waals surface area contributed by atoms with Crippen LogP contribution in [-0.2, 0) is 21.2 Å². The molecular formula is C22H20Cl2N2O4S. The van der Waals surface area contributed by atoms with Crippen molar-refractivity contribution in [2.45, 2.75) is 17.4 Å². The minimum atomic E-state index is -4.13. The van der Waals surface area contributed by atoms with Crippen LogP contribution in [0.25, 0.3) is 0 Å². The van der Waals surface area contributed by atoms with Gasteiger partial charge in [-0.05, 0) is 42.3 Å². The summed E-state index contributed by atoms with van der Waals surface area (Å²) in [7, 11) is -2.62. The summed E-state index contributed by atoms with van der Waals surface area (Å²) in [5.41, 5.74) is 1.26. The maximum Gasteiger partial charge on any atom is 0.242 e. The van der Waals surface area contributed by atoms with Crippen molar-refractivity contribution < 1.29 is 17.9 Å². The predicted molar refractivity (Wildman–Crippen MR) is 122 cm³/mol. The molecular weight excluding hydrogens is 459 g/mol. The molecule has 1 amide bonds. The van der Waals surface area contributed by atoms with Gasteiger partial charge in [0.2, 0.25) is 15.9 Å². The first-order chi connectivity index (χ1) is 14.8. The van der Waals surface area contributed by atoms with Gasteiger partial charge >= 0.3 is 0 Å². The molecule has 9 heteroatoms. The SMILES string of the molecule is COc1cccc(NC(=O)[C@@H](Cc2ccccc2)NS(=O)(=O)c2cc(Cl)ccc2Cl)c1. The lowest BCUT2D eigenvalue weighted by Gasteiger charge is -2.19. The van der Waals surface area contributed by atoms with Crippen LogP contribution in [0.15, 0.2) is 77.7 Å². The summed E-state index contributed by atoms with van der Waals surface area (Å²) in [5.74, 6) is 0.0301. The van der Waals surface area contributed by atoms with Gasteiger partial charge in [0.05, 0.1) is 12.1 Å². The molecule has 31 heavy (non-hydrogen) atoms. The first kappa shape index (κ1) is 23.1. The van der Waals surface area contributed by atoms with E-state index in [2.05, 4.69) is 10.0 Å². The first-order valence-corrected chi connectivity index (χ1v) is 11.5. The van der Waals surface area contributed by atoms with Crippen LogP contribution in [-0.4, -0.2) is 27.5 Å². The molecule has 0 aliphatic carbocycles. The molecule has 0 spiro atoms. The van der Waals surface area contributed by atoms with Crippen LogP contribution in [0.5, 0.6) is 5.75 Å². The van der Waals surface area contributed by atoms with E-state index in [4.69, 9.17) is 27.9 Å². The highest BCUT2D eigenvalue weighted by Crippen LogP contribution is 2.25. The predicted octanol–water partition coefficient (Wildman–Crippen LogP) is 4.53. The third kappa shape index (κ3) is 6.21. The van der Waals surface area contributed by atoms with Crippen molar-refractivity contribution in [2.75, 3.05) is 12.4 Å². The normalized spacial score (nSPS) is 12.2. The Morgan fingerprint density at radius 3 is 2.45 bits per heavy atom. The molecule has 0 aromatic heterocycles. The van der Waals surface area contributed by atoms with Crippen molar-refractivity contribution in [3.05, 3.63) is 88.4 Å². The number of methoxy groups -OCH3 is 1. The van der Waals surface area contributed by atoms with Crippen molar-refractivity contribution >= 4 is 44.8 Å². The third-order valence-corrected chi connectivity index (χ3v) is 6.60. The van der Waals surface area contributed by atoms with Crippen LogP contribution in [0.3, 0.4) is 0 Å².